The molecule has 2 aliphatic rings. The maximum Gasteiger partial charge on any atom is 0.0650 e. The zero-order valence-corrected chi connectivity index (χ0v) is 10.6. The molecule has 1 saturated heterocycles. The molecule has 1 aliphatic carbocycles. The van der Waals surface area contributed by atoms with Gasteiger partial charge in [-0.15, -0.1) is 0 Å². The minimum absolute atomic E-state index is 0.354. The summed E-state index contributed by atoms with van der Waals surface area (Å²) in [6.07, 6.45) is 9.08. The van der Waals surface area contributed by atoms with E-state index in [1.807, 2.05) is 0 Å². The first-order valence-electron chi connectivity index (χ1n) is 6.98. The second-order valence-electron chi connectivity index (χ2n) is 6.02. The maximum absolute atomic E-state index is 10.7. The molecular formula is C14H26O2. The number of rotatable bonds is 2. The third-order valence-electron chi connectivity index (χ3n) is 4.45. The van der Waals surface area contributed by atoms with Gasteiger partial charge in [0.25, 0.3) is 0 Å². The molecule has 94 valence electrons. The zero-order valence-electron chi connectivity index (χ0n) is 10.6. The molecule has 0 aromatic rings. The van der Waals surface area contributed by atoms with E-state index in [-0.39, 0.29) is 5.60 Å². The second-order valence-corrected chi connectivity index (χ2v) is 6.02. The number of aliphatic hydroxyl groups is 1. The van der Waals surface area contributed by atoms with Gasteiger partial charge in [0.2, 0.25) is 0 Å². The van der Waals surface area contributed by atoms with Crippen LogP contribution >= 0.6 is 0 Å². The first kappa shape index (κ1) is 12.4. The lowest BCUT2D eigenvalue weighted by Gasteiger charge is -2.33. The Balaban J connectivity index is 1.85. The Morgan fingerprint density at radius 2 is 1.88 bits per heavy atom. The van der Waals surface area contributed by atoms with Crippen LogP contribution in [0, 0.1) is 11.8 Å². The third kappa shape index (κ3) is 3.46. The van der Waals surface area contributed by atoms with Crippen molar-refractivity contribution in [3.63, 3.8) is 0 Å². The highest BCUT2D eigenvalue weighted by Crippen LogP contribution is 2.36. The largest absolute Gasteiger partial charge is 0.390 e. The number of ether oxygens (including phenoxy) is 1. The minimum Gasteiger partial charge on any atom is -0.390 e. The quantitative estimate of drug-likeness (QED) is 0.733. The van der Waals surface area contributed by atoms with Gasteiger partial charge in [0.05, 0.1) is 5.60 Å². The summed E-state index contributed by atoms with van der Waals surface area (Å²) in [6.45, 7) is 4.12. The lowest BCUT2D eigenvalue weighted by Crippen LogP contribution is -2.33. The molecule has 1 N–H and O–H groups in total. The molecule has 1 heterocycles. The van der Waals surface area contributed by atoms with Gasteiger partial charge in [-0.2, -0.15) is 0 Å². The summed E-state index contributed by atoms with van der Waals surface area (Å²) in [5.41, 5.74) is -0.354. The number of hydrogen-bond acceptors (Lipinski definition) is 2. The third-order valence-corrected chi connectivity index (χ3v) is 4.45. The summed E-state index contributed by atoms with van der Waals surface area (Å²) in [5, 5.41) is 10.7. The van der Waals surface area contributed by atoms with Crippen LogP contribution in [0.3, 0.4) is 0 Å². The van der Waals surface area contributed by atoms with Crippen molar-refractivity contribution < 1.29 is 9.84 Å². The van der Waals surface area contributed by atoms with E-state index in [1.54, 1.807) is 0 Å². The molecule has 2 heteroatoms. The standard InChI is InChI=1S/C14H26O2/c1-12-3-2-7-14(15,8-4-12)11-13-5-9-16-10-6-13/h12-13,15H,2-11H2,1H3. The van der Waals surface area contributed by atoms with Crippen LogP contribution in [0.4, 0.5) is 0 Å². The molecule has 0 amide bonds. The normalized spacial score (nSPS) is 38.2. The Morgan fingerprint density at radius 1 is 1.12 bits per heavy atom. The Kier molecular flexibility index (Phi) is 4.26. The van der Waals surface area contributed by atoms with E-state index in [9.17, 15) is 5.11 Å². The molecule has 0 radical (unpaired) electrons. The van der Waals surface area contributed by atoms with Gasteiger partial charge in [-0.3, -0.25) is 0 Å². The van der Waals surface area contributed by atoms with Gasteiger partial charge in [-0.1, -0.05) is 19.8 Å². The Labute approximate surface area is 99.4 Å². The van der Waals surface area contributed by atoms with Crippen LogP contribution < -0.4 is 0 Å². The predicted octanol–water partition coefficient (Wildman–Crippen LogP) is 3.13. The summed E-state index contributed by atoms with van der Waals surface area (Å²) in [4.78, 5) is 0. The van der Waals surface area contributed by atoms with E-state index in [4.69, 9.17) is 4.74 Å². The van der Waals surface area contributed by atoms with Gasteiger partial charge >= 0.3 is 0 Å². The fourth-order valence-electron chi connectivity index (χ4n) is 3.26. The van der Waals surface area contributed by atoms with E-state index in [1.165, 1.54) is 19.3 Å². The SMILES string of the molecule is CC1CCCC(O)(CC2CCOCC2)CC1. The molecule has 0 aromatic heterocycles. The summed E-state index contributed by atoms with van der Waals surface area (Å²) in [7, 11) is 0. The van der Waals surface area contributed by atoms with Gasteiger partial charge < -0.3 is 9.84 Å². The predicted molar refractivity (Wildman–Crippen MR) is 65.4 cm³/mol. The lowest BCUT2D eigenvalue weighted by molar-refractivity contribution is -0.0223. The van der Waals surface area contributed by atoms with Crippen molar-refractivity contribution in [3.8, 4) is 0 Å². The summed E-state index contributed by atoms with van der Waals surface area (Å²) in [5.74, 6) is 1.51. The van der Waals surface area contributed by atoms with Gasteiger partial charge in [0.15, 0.2) is 0 Å². The monoisotopic (exact) mass is 226 g/mol. The molecule has 0 spiro atoms. The first-order chi connectivity index (χ1) is 7.68. The Morgan fingerprint density at radius 3 is 2.62 bits per heavy atom. The van der Waals surface area contributed by atoms with E-state index < -0.39 is 0 Å². The topological polar surface area (TPSA) is 29.5 Å². The second kappa shape index (κ2) is 5.50. The number of hydrogen-bond donors (Lipinski definition) is 1. The molecule has 16 heavy (non-hydrogen) atoms. The van der Waals surface area contributed by atoms with Crippen molar-refractivity contribution in [1.82, 2.24) is 0 Å². The van der Waals surface area contributed by atoms with Crippen molar-refractivity contribution in [2.75, 3.05) is 13.2 Å². The molecule has 2 nitrogen and oxygen atoms in total. The molecule has 1 aliphatic heterocycles. The highest BCUT2D eigenvalue weighted by molar-refractivity contribution is 4.85. The molecule has 1 saturated carbocycles. The van der Waals surface area contributed by atoms with Crippen molar-refractivity contribution in [2.45, 2.75) is 63.9 Å². The molecular weight excluding hydrogens is 200 g/mol. The van der Waals surface area contributed by atoms with E-state index in [0.717, 1.165) is 51.2 Å². The fourth-order valence-corrected chi connectivity index (χ4v) is 3.26. The van der Waals surface area contributed by atoms with Gasteiger partial charge in [0.1, 0.15) is 0 Å². The van der Waals surface area contributed by atoms with E-state index >= 15 is 0 Å². The van der Waals surface area contributed by atoms with Crippen LogP contribution in [0.25, 0.3) is 0 Å². The molecule has 2 unspecified atom stereocenters. The van der Waals surface area contributed by atoms with Crippen LogP contribution in [0.5, 0.6) is 0 Å². The van der Waals surface area contributed by atoms with Crippen molar-refractivity contribution >= 4 is 0 Å². The molecule has 2 atom stereocenters. The molecule has 2 fully saturated rings. The molecule has 0 bridgehead atoms. The minimum atomic E-state index is -0.354. The Bertz CT molecular complexity index is 211. The maximum atomic E-state index is 10.7. The highest BCUT2D eigenvalue weighted by atomic mass is 16.5. The average Bonchev–Trinajstić information content (AvgIpc) is 2.43. The summed E-state index contributed by atoms with van der Waals surface area (Å²) >= 11 is 0. The van der Waals surface area contributed by atoms with Crippen LogP contribution in [-0.4, -0.2) is 23.9 Å². The zero-order chi connectivity index (χ0) is 11.4. The molecule has 0 aromatic carbocycles. The van der Waals surface area contributed by atoms with Crippen molar-refractivity contribution in [2.24, 2.45) is 11.8 Å². The average molecular weight is 226 g/mol. The van der Waals surface area contributed by atoms with Gasteiger partial charge in [0, 0.05) is 13.2 Å². The van der Waals surface area contributed by atoms with E-state index in [0.29, 0.717) is 5.92 Å². The molecule has 2 rings (SSSR count). The first-order valence-corrected chi connectivity index (χ1v) is 6.98. The Hall–Kier alpha value is -0.0800. The van der Waals surface area contributed by atoms with Crippen molar-refractivity contribution in [3.05, 3.63) is 0 Å². The lowest BCUT2D eigenvalue weighted by atomic mass is 9.81. The van der Waals surface area contributed by atoms with E-state index in [2.05, 4.69) is 6.92 Å². The summed E-state index contributed by atoms with van der Waals surface area (Å²) < 4.78 is 5.38. The van der Waals surface area contributed by atoms with Crippen LogP contribution in [0.15, 0.2) is 0 Å². The van der Waals surface area contributed by atoms with Crippen molar-refractivity contribution in [1.29, 1.82) is 0 Å². The van der Waals surface area contributed by atoms with Crippen LogP contribution in [0.1, 0.15) is 58.3 Å². The van der Waals surface area contributed by atoms with Crippen LogP contribution in [0.2, 0.25) is 0 Å². The fraction of sp³-hybridized carbons (Fsp3) is 1.00. The van der Waals surface area contributed by atoms with Crippen LogP contribution in [-0.2, 0) is 4.74 Å². The van der Waals surface area contributed by atoms with Gasteiger partial charge in [-0.05, 0) is 50.4 Å². The summed E-state index contributed by atoms with van der Waals surface area (Å²) in [6, 6.07) is 0. The van der Waals surface area contributed by atoms with Gasteiger partial charge in [-0.25, -0.2) is 0 Å². The highest BCUT2D eigenvalue weighted by Gasteiger charge is 2.32. The smallest absolute Gasteiger partial charge is 0.0650 e.